The van der Waals surface area contributed by atoms with E-state index < -0.39 is 17.7 Å². The van der Waals surface area contributed by atoms with Crippen molar-refractivity contribution in [3.8, 4) is 0 Å². The van der Waals surface area contributed by atoms with Crippen molar-refractivity contribution in [2.45, 2.75) is 25.8 Å². The van der Waals surface area contributed by atoms with E-state index in [2.05, 4.69) is 0 Å². The second kappa shape index (κ2) is 7.75. The van der Waals surface area contributed by atoms with Gasteiger partial charge in [0, 0.05) is 17.1 Å². The average molecular weight is 370 g/mol. The highest BCUT2D eigenvalue weighted by molar-refractivity contribution is 6.46. The summed E-state index contributed by atoms with van der Waals surface area (Å²) in [6.45, 7) is 2.48. The number of halogens is 1. The molecule has 1 N–H and O–H groups in total. The van der Waals surface area contributed by atoms with Crippen LogP contribution in [0.25, 0.3) is 5.76 Å². The summed E-state index contributed by atoms with van der Waals surface area (Å²) in [5, 5.41) is 11.4. The van der Waals surface area contributed by atoms with Gasteiger partial charge in [0.1, 0.15) is 5.76 Å². The SMILES string of the molecule is CCCCN1C(=O)C(=O)C(=C(O)c2ccccc2)[C@@H]1c1ccc(Cl)cc1. The maximum absolute atomic E-state index is 12.7. The lowest BCUT2D eigenvalue weighted by Gasteiger charge is -2.25. The number of amides is 1. The molecule has 1 aliphatic rings. The van der Waals surface area contributed by atoms with Gasteiger partial charge in [0.25, 0.3) is 11.7 Å². The van der Waals surface area contributed by atoms with Crippen molar-refractivity contribution in [3.05, 3.63) is 76.3 Å². The van der Waals surface area contributed by atoms with E-state index in [1.54, 1.807) is 53.4 Å². The first-order valence-electron chi connectivity index (χ1n) is 8.64. The van der Waals surface area contributed by atoms with Gasteiger partial charge >= 0.3 is 0 Å². The van der Waals surface area contributed by atoms with Gasteiger partial charge in [0.2, 0.25) is 0 Å². The van der Waals surface area contributed by atoms with Crippen LogP contribution in [0.4, 0.5) is 0 Å². The fourth-order valence-corrected chi connectivity index (χ4v) is 3.31. The monoisotopic (exact) mass is 369 g/mol. The van der Waals surface area contributed by atoms with Gasteiger partial charge in [-0.05, 0) is 24.1 Å². The lowest BCUT2D eigenvalue weighted by Crippen LogP contribution is -2.30. The number of aliphatic hydroxyl groups is 1. The Bertz CT molecular complexity index is 843. The zero-order chi connectivity index (χ0) is 18.7. The molecule has 1 saturated heterocycles. The molecule has 0 aliphatic carbocycles. The maximum atomic E-state index is 12.7. The number of carbonyl (C=O) groups excluding carboxylic acids is 2. The Morgan fingerprint density at radius 1 is 1.08 bits per heavy atom. The largest absolute Gasteiger partial charge is 0.507 e. The fraction of sp³-hybridized carbons (Fsp3) is 0.238. The molecule has 2 aromatic rings. The third-order valence-electron chi connectivity index (χ3n) is 4.53. The molecule has 1 amide bonds. The molecule has 5 heteroatoms. The molecule has 1 aliphatic heterocycles. The van der Waals surface area contributed by atoms with E-state index in [0.29, 0.717) is 17.1 Å². The third kappa shape index (κ3) is 3.37. The van der Waals surface area contributed by atoms with Gasteiger partial charge in [-0.15, -0.1) is 0 Å². The molecule has 1 atom stereocenters. The summed E-state index contributed by atoms with van der Waals surface area (Å²) in [4.78, 5) is 26.9. The van der Waals surface area contributed by atoms with Gasteiger partial charge in [-0.1, -0.05) is 67.4 Å². The number of unbranched alkanes of at least 4 members (excludes halogenated alkanes) is 1. The maximum Gasteiger partial charge on any atom is 0.295 e. The second-order valence-electron chi connectivity index (χ2n) is 6.26. The van der Waals surface area contributed by atoms with Gasteiger partial charge in [0.05, 0.1) is 11.6 Å². The van der Waals surface area contributed by atoms with E-state index in [1.165, 1.54) is 0 Å². The van der Waals surface area contributed by atoms with Crippen molar-refractivity contribution in [3.63, 3.8) is 0 Å². The molecule has 2 aromatic carbocycles. The van der Waals surface area contributed by atoms with Crippen LogP contribution in [-0.4, -0.2) is 28.2 Å². The van der Waals surface area contributed by atoms with Crippen LogP contribution in [0.3, 0.4) is 0 Å². The summed E-state index contributed by atoms with van der Waals surface area (Å²) < 4.78 is 0. The van der Waals surface area contributed by atoms with Crippen molar-refractivity contribution >= 4 is 29.1 Å². The van der Waals surface area contributed by atoms with Crippen LogP contribution in [0.5, 0.6) is 0 Å². The fourth-order valence-electron chi connectivity index (χ4n) is 3.18. The molecule has 1 fully saturated rings. The summed E-state index contributed by atoms with van der Waals surface area (Å²) in [6, 6.07) is 15.2. The van der Waals surface area contributed by atoms with Crippen LogP contribution in [0.1, 0.15) is 36.9 Å². The van der Waals surface area contributed by atoms with Crippen LogP contribution < -0.4 is 0 Å². The number of likely N-dealkylation sites (tertiary alicyclic amines) is 1. The van der Waals surface area contributed by atoms with E-state index in [1.807, 2.05) is 13.0 Å². The number of hydrogen-bond acceptors (Lipinski definition) is 3. The molecule has 134 valence electrons. The van der Waals surface area contributed by atoms with E-state index in [4.69, 9.17) is 11.6 Å². The molecule has 0 saturated carbocycles. The van der Waals surface area contributed by atoms with Crippen LogP contribution in [0.15, 0.2) is 60.2 Å². The van der Waals surface area contributed by atoms with Crippen molar-refractivity contribution in [1.82, 2.24) is 4.90 Å². The van der Waals surface area contributed by atoms with E-state index in [-0.39, 0.29) is 11.3 Å². The molecule has 0 spiro atoms. The summed E-state index contributed by atoms with van der Waals surface area (Å²) >= 11 is 5.98. The van der Waals surface area contributed by atoms with Gasteiger partial charge < -0.3 is 10.0 Å². The quantitative estimate of drug-likeness (QED) is 0.477. The number of hydrogen-bond donors (Lipinski definition) is 1. The zero-order valence-corrected chi connectivity index (χ0v) is 15.2. The summed E-state index contributed by atoms with van der Waals surface area (Å²) in [5.41, 5.74) is 1.39. The predicted molar refractivity (Wildman–Crippen MR) is 102 cm³/mol. The minimum Gasteiger partial charge on any atom is -0.507 e. The van der Waals surface area contributed by atoms with Crippen molar-refractivity contribution < 1.29 is 14.7 Å². The molecule has 4 nitrogen and oxygen atoms in total. The van der Waals surface area contributed by atoms with Crippen LogP contribution in [0.2, 0.25) is 5.02 Å². The van der Waals surface area contributed by atoms with Crippen LogP contribution >= 0.6 is 11.6 Å². The number of ketones is 1. The second-order valence-corrected chi connectivity index (χ2v) is 6.70. The van der Waals surface area contributed by atoms with E-state index in [9.17, 15) is 14.7 Å². The number of aliphatic hydroxyl groups excluding tert-OH is 1. The third-order valence-corrected chi connectivity index (χ3v) is 4.78. The zero-order valence-electron chi connectivity index (χ0n) is 14.5. The van der Waals surface area contributed by atoms with Crippen LogP contribution in [0, 0.1) is 0 Å². The van der Waals surface area contributed by atoms with Gasteiger partial charge in [-0.3, -0.25) is 9.59 Å². The highest BCUT2D eigenvalue weighted by Gasteiger charge is 2.45. The number of carbonyl (C=O) groups is 2. The Balaban J connectivity index is 2.15. The Hall–Kier alpha value is -2.59. The predicted octanol–water partition coefficient (Wildman–Crippen LogP) is 4.56. The lowest BCUT2D eigenvalue weighted by molar-refractivity contribution is -0.139. The first-order chi connectivity index (χ1) is 12.5. The highest BCUT2D eigenvalue weighted by atomic mass is 35.5. The van der Waals surface area contributed by atoms with E-state index >= 15 is 0 Å². The van der Waals surface area contributed by atoms with Gasteiger partial charge in [-0.25, -0.2) is 0 Å². The molecule has 0 aromatic heterocycles. The van der Waals surface area contributed by atoms with E-state index in [0.717, 1.165) is 18.4 Å². The van der Waals surface area contributed by atoms with Crippen LogP contribution in [-0.2, 0) is 9.59 Å². The minimum atomic E-state index is -0.651. The van der Waals surface area contributed by atoms with Crippen molar-refractivity contribution in [2.75, 3.05) is 6.54 Å². The Labute approximate surface area is 157 Å². The smallest absolute Gasteiger partial charge is 0.295 e. The first kappa shape index (κ1) is 18.2. The molecular formula is C21H20ClNO3. The lowest BCUT2D eigenvalue weighted by atomic mass is 9.95. The Kier molecular flexibility index (Phi) is 5.43. The molecule has 0 bridgehead atoms. The highest BCUT2D eigenvalue weighted by Crippen LogP contribution is 2.39. The molecule has 0 radical (unpaired) electrons. The molecular weight excluding hydrogens is 350 g/mol. The summed E-state index contributed by atoms with van der Waals surface area (Å²) in [7, 11) is 0. The normalized spacial score (nSPS) is 19.2. The number of benzene rings is 2. The number of nitrogens with zero attached hydrogens (tertiary/aromatic N) is 1. The molecule has 3 rings (SSSR count). The molecule has 26 heavy (non-hydrogen) atoms. The van der Waals surface area contributed by atoms with Gasteiger partial charge in [-0.2, -0.15) is 0 Å². The number of Topliss-reactive ketones (excluding diaryl/α,β-unsaturated/α-hetero) is 1. The topological polar surface area (TPSA) is 57.6 Å². The summed E-state index contributed by atoms with van der Waals surface area (Å²) in [6.07, 6.45) is 1.68. The Morgan fingerprint density at radius 3 is 2.35 bits per heavy atom. The summed E-state index contributed by atoms with van der Waals surface area (Å²) in [5.74, 6) is -1.37. The first-order valence-corrected chi connectivity index (χ1v) is 9.01. The van der Waals surface area contributed by atoms with Crippen molar-refractivity contribution in [2.24, 2.45) is 0 Å². The number of rotatable bonds is 5. The molecule has 0 unspecified atom stereocenters. The standard InChI is InChI=1S/C21H20ClNO3/c1-2-3-13-23-18(14-9-11-16(22)12-10-14)17(20(25)21(23)26)19(24)15-7-5-4-6-8-15/h4-12,18,24H,2-3,13H2,1H3/t18-/m0/s1. The van der Waals surface area contributed by atoms with Crippen molar-refractivity contribution in [1.29, 1.82) is 0 Å². The minimum absolute atomic E-state index is 0.125. The van der Waals surface area contributed by atoms with Gasteiger partial charge in [0.15, 0.2) is 0 Å². The average Bonchev–Trinajstić information content (AvgIpc) is 2.91. The molecule has 1 heterocycles. The Morgan fingerprint density at radius 2 is 1.73 bits per heavy atom.